The van der Waals surface area contributed by atoms with Crippen molar-refractivity contribution in [2.45, 2.75) is 133 Å². The van der Waals surface area contributed by atoms with Gasteiger partial charge in [0.05, 0.1) is 30.9 Å². The number of nitrogens with one attached hydrogen (secondary N) is 9. The maximum Gasteiger partial charge on any atom is 0.245 e. The highest BCUT2D eigenvalue weighted by atomic mass is 33.1. The molecule has 0 aliphatic carbocycles. The minimum Gasteiger partial charge on any atom is -0.394 e. The van der Waals surface area contributed by atoms with Crippen LogP contribution in [0.25, 0.3) is 10.9 Å². The van der Waals surface area contributed by atoms with E-state index >= 15 is 0 Å². The van der Waals surface area contributed by atoms with Crippen LogP contribution in [0.5, 0.6) is 0 Å². The molecule has 14 N–H and O–H groups in total. The molecule has 4 aromatic rings. The van der Waals surface area contributed by atoms with Gasteiger partial charge in [-0.3, -0.25) is 33.6 Å². The fraction of sp³-hybridized carbons (Fsp3) is 0.481. The number of aliphatic hydroxyl groups is 3. The topological polar surface area (TPSA) is 318 Å². The third kappa shape index (κ3) is 18.4. The van der Waals surface area contributed by atoms with E-state index < -0.39 is 108 Å². The third-order valence-corrected chi connectivity index (χ3v) is 14.8. The van der Waals surface area contributed by atoms with Crippen LogP contribution >= 0.6 is 21.6 Å². The van der Waals surface area contributed by atoms with Crippen molar-refractivity contribution >= 4 is 73.8 Å². The maximum atomic E-state index is 14.8. The van der Waals surface area contributed by atoms with Crippen LogP contribution in [0.3, 0.4) is 0 Å². The summed E-state index contributed by atoms with van der Waals surface area (Å²) in [5.41, 5.74) is 9.26. The van der Waals surface area contributed by atoms with Gasteiger partial charge in [0.25, 0.3) is 0 Å². The summed E-state index contributed by atoms with van der Waals surface area (Å²) in [4.78, 5) is 104. The number of carbonyl (C=O) groups excluding carboxylic acids is 7. The number of aliphatic hydroxyl groups excluding tert-OH is 3. The second kappa shape index (κ2) is 29.8. The molecule has 2 heterocycles. The Hall–Kier alpha value is -6.01. The lowest BCUT2D eigenvalue weighted by molar-refractivity contribution is -0.136. The summed E-state index contributed by atoms with van der Waals surface area (Å²) in [6.07, 6.45) is 0.137. The third-order valence-electron chi connectivity index (χ3n) is 12.4. The second-order valence-corrected chi connectivity index (χ2v) is 21.3. The van der Waals surface area contributed by atoms with Gasteiger partial charge in [-0.25, -0.2) is 0 Å². The zero-order valence-electron chi connectivity index (χ0n) is 42.2. The number of hydrogen-bond donors (Lipinski definition) is 13. The van der Waals surface area contributed by atoms with Gasteiger partial charge in [-0.1, -0.05) is 114 Å². The summed E-state index contributed by atoms with van der Waals surface area (Å²) in [6, 6.07) is 14.9. The minimum atomic E-state index is -1.66. The highest BCUT2D eigenvalue weighted by molar-refractivity contribution is 8.76. The Morgan fingerprint density at radius 2 is 1.30 bits per heavy atom. The first kappa shape index (κ1) is 58.9. The number of carbonyl (C=O) groups is 7. The Morgan fingerprint density at radius 1 is 0.703 bits per heavy atom. The predicted octanol–water partition coefficient (Wildman–Crippen LogP) is 0.234. The molecule has 1 aromatic heterocycles. The van der Waals surface area contributed by atoms with Crippen molar-refractivity contribution < 1.29 is 48.9 Å². The van der Waals surface area contributed by atoms with Gasteiger partial charge in [0.15, 0.2) is 0 Å². The van der Waals surface area contributed by atoms with E-state index in [4.69, 9.17) is 5.73 Å². The molecule has 1 unspecified atom stereocenters. The number of benzene rings is 3. The fourth-order valence-corrected chi connectivity index (χ4v) is 10.4. The standard InChI is InChI=1S/C52H72N10O10S2/c1-30(2)54-22-14-13-21-39-47(67)62-45(32(4)65)52(72)61-44(51(71)59-42(27-63)31(3)64)29-74-73-28-43(60-46(66)37(53)23-33-15-7-5-8-16-33)50(70)57-40(24-34-17-9-6-10-18-34)48(68)58-41(49(69)56-39)25-35-26-55-38-20-12-11-19-36(35)38/h5-12,15-20,26,30-32,37,39-45,54-55,63-65H,13-14,21-25,27-29,53H2,1-4H3,(H,56,69)(H,57,70)(H,58,68)(H,59,71)(H,60,66)(H,61,72)(H,62,67)/t31-,32-,37-,39+,40+,41-,42-,43+,44+,45?/m1/s1. The van der Waals surface area contributed by atoms with Crippen LogP contribution in [0.4, 0.5) is 0 Å². The molecule has 3 aromatic carbocycles. The summed E-state index contributed by atoms with van der Waals surface area (Å²) >= 11 is 0. The summed E-state index contributed by atoms with van der Waals surface area (Å²) in [5.74, 6) is -5.91. The number of unbranched alkanes of at least 4 members (excludes halogenated alkanes) is 1. The lowest BCUT2D eigenvalue weighted by atomic mass is 10.0. The van der Waals surface area contributed by atoms with Crippen molar-refractivity contribution in [3.05, 3.63) is 108 Å². The van der Waals surface area contributed by atoms with E-state index in [-0.39, 0.29) is 43.2 Å². The molecule has 0 saturated carbocycles. The van der Waals surface area contributed by atoms with Crippen molar-refractivity contribution in [1.29, 1.82) is 0 Å². The Labute approximate surface area is 439 Å². The molecule has 74 heavy (non-hydrogen) atoms. The number of para-hydroxylation sites is 1. The molecule has 1 aliphatic rings. The highest BCUT2D eigenvalue weighted by Gasteiger charge is 2.36. The molecule has 10 atom stereocenters. The van der Waals surface area contributed by atoms with Gasteiger partial charge in [0.1, 0.15) is 36.3 Å². The van der Waals surface area contributed by atoms with Crippen LogP contribution in [0, 0.1) is 0 Å². The number of amides is 7. The largest absolute Gasteiger partial charge is 0.394 e. The number of aromatic nitrogens is 1. The molecule has 402 valence electrons. The zero-order chi connectivity index (χ0) is 53.7. The molecular weight excluding hydrogens is 989 g/mol. The molecule has 0 bridgehead atoms. The molecular formula is C52H72N10O10S2. The molecule has 22 heteroatoms. The molecule has 1 aliphatic heterocycles. The molecule has 7 amide bonds. The Bertz CT molecular complexity index is 2470. The van der Waals surface area contributed by atoms with Gasteiger partial charge in [-0.05, 0) is 68.8 Å². The van der Waals surface area contributed by atoms with Crippen LogP contribution in [0.15, 0.2) is 91.1 Å². The van der Waals surface area contributed by atoms with E-state index in [2.05, 4.69) is 47.5 Å². The van der Waals surface area contributed by atoms with E-state index in [9.17, 15) is 48.9 Å². The number of hydrogen-bond acceptors (Lipinski definition) is 14. The van der Waals surface area contributed by atoms with Gasteiger partial charge in [-0.15, -0.1) is 0 Å². The van der Waals surface area contributed by atoms with Gasteiger partial charge >= 0.3 is 0 Å². The average Bonchev–Trinajstić information content (AvgIpc) is 3.78. The van der Waals surface area contributed by atoms with Crippen molar-refractivity contribution in [3.8, 4) is 0 Å². The van der Waals surface area contributed by atoms with Crippen LogP contribution in [0.1, 0.15) is 63.6 Å². The number of nitrogens with two attached hydrogens (primary N) is 1. The van der Waals surface area contributed by atoms with Gasteiger partial charge in [0, 0.05) is 47.5 Å². The van der Waals surface area contributed by atoms with Crippen molar-refractivity contribution in [2.75, 3.05) is 24.7 Å². The highest BCUT2D eigenvalue weighted by Crippen LogP contribution is 2.24. The molecule has 0 spiro atoms. The molecule has 1 fully saturated rings. The first-order valence-electron chi connectivity index (χ1n) is 24.9. The van der Waals surface area contributed by atoms with E-state index in [0.717, 1.165) is 38.1 Å². The number of fused-ring (bicyclic) bond motifs is 1. The summed E-state index contributed by atoms with van der Waals surface area (Å²) in [6.45, 7) is 6.57. The number of H-pyrrole nitrogens is 1. The maximum absolute atomic E-state index is 14.8. The molecule has 0 radical (unpaired) electrons. The van der Waals surface area contributed by atoms with E-state index in [1.165, 1.54) is 13.8 Å². The van der Waals surface area contributed by atoms with Crippen LogP contribution in [-0.4, -0.2) is 153 Å². The van der Waals surface area contributed by atoms with E-state index in [1.807, 2.05) is 56.3 Å². The first-order valence-corrected chi connectivity index (χ1v) is 27.4. The lowest BCUT2D eigenvalue weighted by Gasteiger charge is -2.29. The predicted molar refractivity (Wildman–Crippen MR) is 286 cm³/mol. The smallest absolute Gasteiger partial charge is 0.245 e. The summed E-state index contributed by atoms with van der Waals surface area (Å²) in [5, 5.41) is 54.2. The van der Waals surface area contributed by atoms with Crippen molar-refractivity contribution in [3.63, 3.8) is 0 Å². The van der Waals surface area contributed by atoms with Gasteiger partial charge < -0.3 is 68.6 Å². The second-order valence-electron chi connectivity index (χ2n) is 18.8. The zero-order valence-corrected chi connectivity index (χ0v) is 43.8. The average molecular weight is 1060 g/mol. The summed E-state index contributed by atoms with van der Waals surface area (Å²) < 4.78 is 0. The monoisotopic (exact) mass is 1060 g/mol. The fourth-order valence-electron chi connectivity index (χ4n) is 8.10. The van der Waals surface area contributed by atoms with Crippen LogP contribution in [0.2, 0.25) is 0 Å². The SMILES string of the molecule is CC(C)NCCCC[C@@H]1NC(=O)[C@@H](Cc2c[nH]c3ccccc23)NC(=O)[C@H](Cc2ccccc2)NC(=O)[C@@H](NC(=O)[C@H](N)Cc2ccccc2)CSSC[C@@H](C(=O)N[C@H](CO)[C@@H](C)O)NC(=O)C([C@@H](C)O)NC1=O. The number of rotatable bonds is 19. The van der Waals surface area contributed by atoms with Crippen LogP contribution in [-0.2, 0) is 52.8 Å². The quantitative estimate of drug-likeness (QED) is 0.0442. The van der Waals surface area contributed by atoms with Crippen molar-refractivity contribution in [1.82, 2.24) is 47.5 Å². The van der Waals surface area contributed by atoms with E-state index in [1.54, 1.807) is 48.7 Å². The van der Waals surface area contributed by atoms with Gasteiger partial charge in [0.2, 0.25) is 41.4 Å². The molecule has 20 nitrogen and oxygen atoms in total. The van der Waals surface area contributed by atoms with Crippen molar-refractivity contribution in [2.24, 2.45) is 5.73 Å². The molecule has 5 rings (SSSR count). The normalized spacial score (nSPS) is 22.5. The Morgan fingerprint density at radius 3 is 1.95 bits per heavy atom. The lowest BCUT2D eigenvalue weighted by Crippen LogP contribution is -2.62. The first-order chi connectivity index (χ1) is 35.4. The molecule has 1 saturated heterocycles. The number of aromatic amines is 1. The minimum absolute atomic E-state index is 0.0378. The summed E-state index contributed by atoms with van der Waals surface area (Å²) in [7, 11) is 2.07. The van der Waals surface area contributed by atoms with Crippen LogP contribution < -0.4 is 48.3 Å². The van der Waals surface area contributed by atoms with Gasteiger partial charge in [-0.2, -0.15) is 0 Å². The Balaban J connectivity index is 1.57. The Kier molecular flexibility index (Phi) is 23.7. The van der Waals surface area contributed by atoms with E-state index in [0.29, 0.717) is 30.5 Å².